The smallest absolute Gasteiger partial charge is 0.261 e. The van der Waals surface area contributed by atoms with E-state index in [4.69, 9.17) is 27.9 Å². The van der Waals surface area contributed by atoms with Gasteiger partial charge in [-0.25, -0.2) is 0 Å². The van der Waals surface area contributed by atoms with Crippen LogP contribution in [0.1, 0.15) is 54.4 Å². The molecule has 1 N–H and O–H groups in total. The van der Waals surface area contributed by atoms with Crippen molar-refractivity contribution in [3.63, 3.8) is 0 Å². The fraction of sp³-hybridized carbons (Fsp3) is 0.375. The summed E-state index contributed by atoms with van der Waals surface area (Å²) < 4.78 is 5.95. The maximum absolute atomic E-state index is 13.8. The number of nitrogens with one attached hydrogen (secondary N) is 1. The zero-order valence-corrected chi connectivity index (χ0v) is 24.1. The number of halogens is 2. The molecule has 0 bridgehead atoms. The molecule has 1 fully saturated rings. The van der Waals surface area contributed by atoms with Crippen molar-refractivity contribution in [3.8, 4) is 5.75 Å². The number of rotatable bonds is 10. The van der Waals surface area contributed by atoms with E-state index in [1.165, 1.54) is 6.42 Å². The first kappa shape index (κ1) is 29.0. The summed E-state index contributed by atoms with van der Waals surface area (Å²) in [7, 11) is 0. The molecule has 0 aliphatic heterocycles. The van der Waals surface area contributed by atoms with Crippen LogP contribution >= 0.6 is 23.2 Å². The molecule has 3 aromatic rings. The molecule has 1 saturated carbocycles. The van der Waals surface area contributed by atoms with Crippen molar-refractivity contribution in [2.45, 2.75) is 71.0 Å². The third-order valence-electron chi connectivity index (χ3n) is 7.26. The van der Waals surface area contributed by atoms with Crippen molar-refractivity contribution in [1.29, 1.82) is 0 Å². The third kappa shape index (κ3) is 8.23. The van der Waals surface area contributed by atoms with Crippen LogP contribution < -0.4 is 10.1 Å². The number of aryl methyl sites for hydroxylation is 2. The van der Waals surface area contributed by atoms with Crippen LogP contribution in [0.4, 0.5) is 0 Å². The van der Waals surface area contributed by atoms with E-state index < -0.39 is 6.04 Å². The molecule has 1 aliphatic carbocycles. The maximum atomic E-state index is 13.8. The van der Waals surface area contributed by atoms with Crippen LogP contribution in [0.25, 0.3) is 0 Å². The first-order chi connectivity index (χ1) is 18.8. The minimum absolute atomic E-state index is 0.133. The molecule has 39 heavy (non-hydrogen) atoms. The van der Waals surface area contributed by atoms with Crippen LogP contribution in [-0.2, 0) is 22.6 Å². The van der Waals surface area contributed by atoms with Crippen LogP contribution in [0.15, 0.2) is 66.7 Å². The highest BCUT2D eigenvalue weighted by atomic mass is 35.5. The largest absolute Gasteiger partial charge is 0.484 e. The normalized spacial score (nSPS) is 14.5. The monoisotopic (exact) mass is 566 g/mol. The summed E-state index contributed by atoms with van der Waals surface area (Å²) in [4.78, 5) is 29.3. The van der Waals surface area contributed by atoms with Gasteiger partial charge in [0.2, 0.25) is 5.91 Å². The first-order valence-electron chi connectivity index (χ1n) is 13.6. The molecule has 0 heterocycles. The highest BCUT2D eigenvalue weighted by molar-refractivity contribution is 6.32. The molecule has 3 aromatic carbocycles. The van der Waals surface area contributed by atoms with Gasteiger partial charge >= 0.3 is 0 Å². The third-order valence-corrected chi connectivity index (χ3v) is 8.11. The summed E-state index contributed by atoms with van der Waals surface area (Å²) in [6.45, 7) is 3.87. The van der Waals surface area contributed by atoms with Crippen LogP contribution in [0, 0.1) is 13.8 Å². The molecule has 1 aliphatic rings. The standard InChI is InChI=1S/C32H36Cl2N2O3/c1-22-17-28(18-23(2)31(22)34)39-21-30(37)36(20-25-13-15-26(33)16-14-25)29(19-24-9-5-3-6-10-24)32(38)35-27-11-7-4-8-12-27/h3,5-6,9-10,13-18,27,29H,4,7-8,11-12,19-21H2,1-2H3,(H,35,38)/t29-/m0/s1. The Bertz CT molecular complexity index is 1240. The molecular formula is C32H36Cl2N2O3. The maximum Gasteiger partial charge on any atom is 0.261 e. The van der Waals surface area contributed by atoms with Gasteiger partial charge in [-0.05, 0) is 73.2 Å². The zero-order chi connectivity index (χ0) is 27.8. The number of hydrogen-bond donors (Lipinski definition) is 1. The zero-order valence-electron chi connectivity index (χ0n) is 22.6. The minimum atomic E-state index is -0.699. The number of carbonyl (C=O) groups is 2. The molecule has 0 aromatic heterocycles. The highest BCUT2D eigenvalue weighted by Gasteiger charge is 2.32. The molecule has 0 unspecified atom stereocenters. The predicted octanol–water partition coefficient (Wildman–Crippen LogP) is 7.08. The van der Waals surface area contributed by atoms with Crippen molar-refractivity contribution in [1.82, 2.24) is 10.2 Å². The van der Waals surface area contributed by atoms with Gasteiger partial charge in [-0.1, -0.05) is 84.9 Å². The SMILES string of the molecule is Cc1cc(OCC(=O)N(Cc2ccc(Cl)cc2)[C@@H](Cc2ccccc2)C(=O)NC2CCCCC2)cc(C)c1Cl. The van der Waals surface area contributed by atoms with E-state index in [9.17, 15) is 9.59 Å². The Labute approximate surface area is 241 Å². The Morgan fingerprint density at radius 1 is 0.923 bits per heavy atom. The van der Waals surface area contributed by atoms with E-state index in [0.29, 0.717) is 22.2 Å². The number of ether oxygens (including phenoxy) is 1. The molecule has 5 nitrogen and oxygen atoms in total. The Hall–Kier alpha value is -3.02. The van der Waals surface area contributed by atoms with Crippen LogP contribution in [0.2, 0.25) is 10.0 Å². The Balaban J connectivity index is 1.61. The van der Waals surface area contributed by atoms with E-state index in [-0.39, 0.29) is 31.0 Å². The molecule has 4 rings (SSSR count). The van der Waals surface area contributed by atoms with Crippen LogP contribution in [0.5, 0.6) is 5.75 Å². The molecular weight excluding hydrogens is 531 g/mol. The average molecular weight is 568 g/mol. The second-order valence-electron chi connectivity index (χ2n) is 10.4. The van der Waals surface area contributed by atoms with Gasteiger partial charge in [-0.2, -0.15) is 0 Å². The van der Waals surface area contributed by atoms with Crippen molar-refractivity contribution in [2.24, 2.45) is 0 Å². The van der Waals surface area contributed by atoms with E-state index in [1.807, 2.05) is 68.4 Å². The van der Waals surface area contributed by atoms with Gasteiger partial charge < -0.3 is 15.0 Å². The van der Waals surface area contributed by atoms with Crippen molar-refractivity contribution >= 4 is 35.0 Å². The van der Waals surface area contributed by atoms with Crippen molar-refractivity contribution < 1.29 is 14.3 Å². The summed E-state index contributed by atoms with van der Waals surface area (Å²) in [6, 6.07) is 20.3. The topological polar surface area (TPSA) is 58.6 Å². The summed E-state index contributed by atoms with van der Waals surface area (Å²) >= 11 is 12.4. The van der Waals surface area contributed by atoms with E-state index >= 15 is 0 Å². The number of benzene rings is 3. The second-order valence-corrected chi connectivity index (χ2v) is 11.2. The lowest BCUT2D eigenvalue weighted by atomic mass is 9.94. The fourth-order valence-electron chi connectivity index (χ4n) is 5.10. The van der Waals surface area contributed by atoms with Gasteiger partial charge in [0.1, 0.15) is 11.8 Å². The lowest BCUT2D eigenvalue weighted by Gasteiger charge is -2.33. The molecule has 0 radical (unpaired) electrons. The summed E-state index contributed by atoms with van der Waals surface area (Å²) in [5.74, 6) is 0.168. The minimum Gasteiger partial charge on any atom is -0.484 e. The number of hydrogen-bond acceptors (Lipinski definition) is 3. The lowest BCUT2D eigenvalue weighted by Crippen LogP contribution is -2.53. The molecule has 206 valence electrons. The molecule has 1 atom stereocenters. The van der Waals surface area contributed by atoms with Crippen molar-refractivity contribution in [3.05, 3.63) is 99.0 Å². The molecule has 7 heteroatoms. The number of carbonyl (C=O) groups excluding carboxylic acids is 2. The van der Waals surface area contributed by atoms with Gasteiger partial charge in [0.15, 0.2) is 6.61 Å². The van der Waals surface area contributed by atoms with Gasteiger partial charge in [0.05, 0.1) is 0 Å². The summed E-state index contributed by atoms with van der Waals surface area (Å²) in [5.41, 5.74) is 3.63. The Morgan fingerprint density at radius 3 is 2.21 bits per heavy atom. The van der Waals surface area contributed by atoms with E-state index in [1.54, 1.807) is 17.0 Å². The molecule has 2 amide bonds. The summed E-state index contributed by atoms with van der Waals surface area (Å²) in [6.07, 6.45) is 5.74. The Morgan fingerprint density at radius 2 is 1.56 bits per heavy atom. The van der Waals surface area contributed by atoms with Crippen LogP contribution in [0.3, 0.4) is 0 Å². The van der Waals surface area contributed by atoms with Gasteiger partial charge in [0.25, 0.3) is 5.91 Å². The quantitative estimate of drug-likeness (QED) is 0.285. The van der Waals surface area contributed by atoms with Crippen LogP contribution in [-0.4, -0.2) is 35.4 Å². The first-order valence-corrected chi connectivity index (χ1v) is 14.3. The number of amides is 2. The van der Waals surface area contributed by atoms with Gasteiger partial charge in [-0.3, -0.25) is 9.59 Å². The second kappa shape index (κ2) is 13.9. The van der Waals surface area contributed by atoms with Gasteiger partial charge in [-0.15, -0.1) is 0 Å². The van der Waals surface area contributed by atoms with Crippen molar-refractivity contribution in [2.75, 3.05) is 6.61 Å². The summed E-state index contributed by atoms with van der Waals surface area (Å²) in [5, 5.41) is 4.55. The van der Waals surface area contributed by atoms with E-state index in [0.717, 1.165) is 47.9 Å². The molecule has 0 spiro atoms. The Kier molecular flexibility index (Phi) is 10.3. The lowest BCUT2D eigenvalue weighted by molar-refractivity contribution is -0.143. The van der Waals surface area contributed by atoms with E-state index in [2.05, 4.69) is 5.32 Å². The average Bonchev–Trinajstić information content (AvgIpc) is 2.94. The number of nitrogens with zero attached hydrogens (tertiary/aromatic N) is 1. The highest BCUT2D eigenvalue weighted by Crippen LogP contribution is 2.26. The predicted molar refractivity (Wildman–Crippen MR) is 157 cm³/mol. The fourth-order valence-corrected chi connectivity index (χ4v) is 5.34. The molecule has 0 saturated heterocycles. The van der Waals surface area contributed by atoms with Gasteiger partial charge in [0, 0.05) is 29.1 Å².